The minimum absolute atomic E-state index is 0.0216. The van der Waals surface area contributed by atoms with Gasteiger partial charge in [0.25, 0.3) is 10.0 Å². The number of sulfonamides is 1. The molecule has 0 saturated heterocycles. The second kappa shape index (κ2) is 6.04. The van der Waals surface area contributed by atoms with Crippen molar-refractivity contribution in [1.82, 2.24) is 0 Å². The first-order valence-electron chi connectivity index (χ1n) is 5.74. The largest absolute Gasteiger partial charge is 0.398 e. The summed E-state index contributed by atoms with van der Waals surface area (Å²) >= 11 is 15.2. The standard InChI is InChI=1S/C13H11BrCl2N2O2S/c1-7-11(16)5-9(6-12(7)17)21(19,20)18-13-4-8(14)2-3-10(13)15/h2-6,18H,17H2,1H3. The fraction of sp³-hybridized carbons (Fsp3) is 0.0769. The molecule has 0 fully saturated rings. The zero-order valence-corrected chi connectivity index (χ0v) is 14.7. The Bertz CT molecular complexity index is 787. The van der Waals surface area contributed by atoms with Gasteiger partial charge in [-0.1, -0.05) is 39.1 Å². The van der Waals surface area contributed by atoms with E-state index < -0.39 is 10.0 Å². The molecule has 0 amide bonds. The van der Waals surface area contributed by atoms with Crippen LogP contribution in [-0.4, -0.2) is 8.42 Å². The molecule has 0 radical (unpaired) electrons. The molecule has 0 aromatic heterocycles. The molecule has 0 saturated carbocycles. The molecule has 21 heavy (non-hydrogen) atoms. The van der Waals surface area contributed by atoms with Crippen LogP contribution in [-0.2, 0) is 10.0 Å². The van der Waals surface area contributed by atoms with Crippen molar-refractivity contribution in [2.24, 2.45) is 0 Å². The van der Waals surface area contributed by atoms with Crippen LogP contribution < -0.4 is 10.5 Å². The van der Waals surface area contributed by atoms with Crippen molar-refractivity contribution in [2.45, 2.75) is 11.8 Å². The summed E-state index contributed by atoms with van der Waals surface area (Å²) < 4.78 is 27.9. The van der Waals surface area contributed by atoms with Crippen LogP contribution in [0.1, 0.15) is 5.56 Å². The van der Waals surface area contributed by atoms with E-state index in [4.69, 9.17) is 28.9 Å². The van der Waals surface area contributed by atoms with Crippen molar-refractivity contribution in [3.05, 3.63) is 50.4 Å². The molecule has 2 rings (SSSR count). The van der Waals surface area contributed by atoms with E-state index in [0.29, 0.717) is 15.7 Å². The average molecular weight is 410 g/mol. The van der Waals surface area contributed by atoms with E-state index in [2.05, 4.69) is 20.7 Å². The van der Waals surface area contributed by atoms with E-state index in [1.165, 1.54) is 12.1 Å². The molecule has 2 aromatic carbocycles. The Morgan fingerprint density at radius 1 is 1.14 bits per heavy atom. The van der Waals surface area contributed by atoms with E-state index in [1.54, 1.807) is 25.1 Å². The molecule has 0 aliphatic heterocycles. The van der Waals surface area contributed by atoms with Gasteiger partial charge in [-0.05, 0) is 42.8 Å². The lowest BCUT2D eigenvalue weighted by Crippen LogP contribution is -2.14. The van der Waals surface area contributed by atoms with Gasteiger partial charge in [0, 0.05) is 15.2 Å². The van der Waals surface area contributed by atoms with Gasteiger partial charge in [0.05, 0.1) is 15.6 Å². The van der Waals surface area contributed by atoms with Gasteiger partial charge in [0.1, 0.15) is 0 Å². The van der Waals surface area contributed by atoms with Crippen LogP contribution >= 0.6 is 39.1 Å². The van der Waals surface area contributed by atoms with Crippen LogP contribution in [0.3, 0.4) is 0 Å². The zero-order valence-electron chi connectivity index (χ0n) is 10.8. The Labute approximate surface area is 141 Å². The highest BCUT2D eigenvalue weighted by Gasteiger charge is 2.18. The molecular weight excluding hydrogens is 399 g/mol. The number of hydrogen-bond acceptors (Lipinski definition) is 3. The summed E-state index contributed by atoms with van der Waals surface area (Å²) in [5.74, 6) is 0. The molecule has 0 bridgehead atoms. The Kier molecular flexibility index (Phi) is 4.72. The number of nitrogen functional groups attached to an aromatic ring is 1. The third-order valence-corrected chi connectivity index (χ3v) is 5.40. The number of rotatable bonds is 3. The fourth-order valence-electron chi connectivity index (χ4n) is 1.61. The van der Waals surface area contributed by atoms with E-state index in [-0.39, 0.29) is 20.6 Å². The van der Waals surface area contributed by atoms with Gasteiger partial charge in [-0.15, -0.1) is 0 Å². The fourth-order valence-corrected chi connectivity index (χ4v) is 3.61. The smallest absolute Gasteiger partial charge is 0.262 e. The van der Waals surface area contributed by atoms with Crippen LogP contribution in [0.2, 0.25) is 10.0 Å². The summed E-state index contributed by atoms with van der Waals surface area (Å²) in [5.41, 5.74) is 6.96. The van der Waals surface area contributed by atoms with Gasteiger partial charge in [0.2, 0.25) is 0 Å². The summed E-state index contributed by atoms with van der Waals surface area (Å²) in [6.45, 7) is 1.71. The van der Waals surface area contributed by atoms with E-state index in [1.807, 2.05) is 0 Å². The number of hydrogen-bond donors (Lipinski definition) is 2. The van der Waals surface area contributed by atoms with Crippen LogP contribution in [0.25, 0.3) is 0 Å². The van der Waals surface area contributed by atoms with Crippen molar-refractivity contribution in [3.8, 4) is 0 Å². The molecule has 4 nitrogen and oxygen atoms in total. The lowest BCUT2D eigenvalue weighted by atomic mass is 10.2. The summed E-state index contributed by atoms with van der Waals surface area (Å²) in [6.07, 6.45) is 0. The number of benzene rings is 2. The Balaban J connectivity index is 2.46. The first-order valence-corrected chi connectivity index (χ1v) is 8.77. The van der Waals surface area contributed by atoms with E-state index >= 15 is 0 Å². The number of nitrogens with one attached hydrogen (secondary N) is 1. The highest BCUT2D eigenvalue weighted by atomic mass is 79.9. The second-order valence-corrected chi connectivity index (χ2v) is 7.76. The molecule has 0 aliphatic rings. The molecule has 0 spiro atoms. The van der Waals surface area contributed by atoms with E-state index in [0.717, 1.165) is 0 Å². The summed E-state index contributed by atoms with van der Waals surface area (Å²) in [4.78, 5) is -0.0216. The zero-order chi connectivity index (χ0) is 15.8. The molecular formula is C13H11BrCl2N2O2S. The van der Waals surface area contributed by atoms with Gasteiger partial charge >= 0.3 is 0 Å². The van der Waals surface area contributed by atoms with Crippen molar-refractivity contribution < 1.29 is 8.42 Å². The number of halogens is 3. The average Bonchev–Trinajstić information content (AvgIpc) is 2.39. The van der Waals surface area contributed by atoms with Gasteiger partial charge in [-0.25, -0.2) is 8.42 Å². The maximum absolute atomic E-state index is 12.4. The topological polar surface area (TPSA) is 72.2 Å². The van der Waals surface area contributed by atoms with Crippen LogP contribution in [0, 0.1) is 6.92 Å². The van der Waals surface area contributed by atoms with E-state index in [9.17, 15) is 8.42 Å². The monoisotopic (exact) mass is 408 g/mol. The molecule has 0 unspecified atom stereocenters. The quantitative estimate of drug-likeness (QED) is 0.735. The van der Waals surface area contributed by atoms with Gasteiger partial charge < -0.3 is 5.73 Å². The molecule has 2 aromatic rings. The second-order valence-electron chi connectivity index (χ2n) is 4.35. The molecule has 3 N–H and O–H groups in total. The molecule has 8 heteroatoms. The minimum atomic E-state index is -3.83. The third kappa shape index (κ3) is 3.63. The van der Waals surface area contributed by atoms with Crippen LogP contribution in [0.4, 0.5) is 11.4 Å². The normalized spacial score (nSPS) is 11.4. The highest BCUT2D eigenvalue weighted by molar-refractivity contribution is 9.10. The van der Waals surface area contributed by atoms with Gasteiger partial charge in [-0.3, -0.25) is 4.72 Å². The highest BCUT2D eigenvalue weighted by Crippen LogP contribution is 2.30. The maximum atomic E-state index is 12.4. The van der Waals surface area contributed by atoms with Crippen molar-refractivity contribution in [3.63, 3.8) is 0 Å². The van der Waals surface area contributed by atoms with Crippen molar-refractivity contribution >= 4 is 60.5 Å². The Hall–Kier alpha value is -0.950. The Morgan fingerprint density at radius 2 is 1.81 bits per heavy atom. The van der Waals surface area contributed by atoms with Gasteiger partial charge in [-0.2, -0.15) is 0 Å². The third-order valence-electron chi connectivity index (χ3n) is 2.84. The Morgan fingerprint density at radius 3 is 2.43 bits per heavy atom. The predicted octanol–water partition coefficient (Wildman–Crippen LogP) is 4.45. The van der Waals surface area contributed by atoms with Crippen molar-refractivity contribution in [2.75, 3.05) is 10.5 Å². The molecule has 0 aliphatic carbocycles. The van der Waals surface area contributed by atoms with Gasteiger partial charge in [0.15, 0.2) is 0 Å². The first-order chi connectivity index (χ1) is 9.70. The maximum Gasteiger partial charge on any atom is 0.262 e. The molecule has 112 valence electrons. The van der Waals surface area contributed by atoms with Crippen LogP contribution in [0.5, 0.6) is 0 Å². The SMILES string of the molecule is Cc1c(N)cc(S(=O)(=O)Nc2cc(Br)ccc2Cl)cc1Cl. The number of nitrogens with two attached hydrogens (primary N) is 1. The molecule has 0 atom stereocenters. The van der Waals surface area contributed by atoms with Crippen LogP contribution in [0.15, 0.2) is 39.7 Å². The summed E-state index contributed by atoms with van der Waals surface area (Å²) in [6, 6.07) is 7.57. The first kappa shape index (κ1) is 16.4. The summed E-state index contributed by atoms with van der Waals surface area (Å²) in [5, 5.41) is 0.573. The lowest BCUT2D eigenvalue weighted by Gasteiger charge is -2.12. The minimum Gasteiger partial charge on any atom is -0.398 e. The molecule has 0 heterocycles. The lowest BCUT2D eigenvalue weighted by molar-refractivity contribution is 0.601. The van der Waals surface area contributed by atoms with Crippen molar-refractivity contribution in [1.29, 1.82) is 0 Å². The summed E-state index contributed by atoms with van der Waals surface area (Å²) in [7, 11) is -3.83. The number of anilines is 2. The predicted molar refractivity (Wildman–Crippen MR) is 90.6 cm³/mol.